The van der Waals surface area contributed by atoms with Gasteiger partial charge in [-0.05, 0) is 18.2 Å². The highest BCUT2D eigenvalue weighted by atomic mass is 35.5. The topological polar surface area (TPSA) is 76.7 Å². The van der Waals surface area contributed by atoms with Gasteiger partial charge in [-0.3, -0.25) is 4.79 Å². The van der Waals surface area contributed by atoms with Crippen LogP contribution in [0.15, 0.2) is 28.9 Å². The maximum absolute atomic E-state index is 12.4. The number of hydrogen-bond acceptors (Lipinski definition) is 4. The van der Waals surface area contributed by atoms with E-state index in [4.69, 9.17) is 25.9 Å². The average molecular weight is 295 g/mol. The van der Waals surface area contributed by atoms with Gasteiger partial charge >= 0.3 is 5.97 Å². The number of carbonyl (C=O) groups excluding carboxylic acids is 1. The van der Waals surface area contributed by atoms with Gasteiger partial charge in [0, 0.05) is 24.5 Å². The van der Waals surface area contributed by atoms with E-state index in [-0.39, 0.29) is 12.2 Å². The fourth-order valence-electron chi connectivity index (χ4n) is 2.48. The maximum Gasteiger partial charge on any atom is 0.336 e. The molecule has 2 atom stereocenters. The first-order chi connectivity index (χ1) is 9.49. The summed E-state index contributed by atoms with van der Waals surface area (Å²) < 4.78 is 10.2. The van der Waals surface area contributed by atoms with Gasteiger partial charge < -0.3 is 14.3 Å². The third kappa shape index (κ3) is 1.74. The molecule has 5 nitrogen and oxygen atoms in total. The molecule has 1 N–H and O–H groups in total. The van der Waals surface area contributed by atoms with E-state index in [1.807, 2.05) is 0 Å². The van der Waals surface area contributed by atoms with Gasteiger partial charge in [0.25, 0.3) is 0 Å². The van der Waals surface area contributed by atoms with Crippen LogP contribution in [0.1, 0.15) is 16.8 Å². The predicted molar refractivity (Wildman–Crippen MR) is 71.0 cm³/mol. The van der Waals surface area contributed by atoms with Gasteiger partial charge in [-0.25, -0.2) is 4.79 Å². The minimum Gasteiger partial charge on any atom is -0.479 e. The van der Waals surface area contributed by atoms with Crippen LogP contribution >= 0.6 is 11.6 Å². The number of aliphatic carboxylic acids is 1. The molecule has 0 saturated heterocycles. The number of carbonyl (C=O) groups is 2. The van der Waals surface area contributed by atoms with Crippen LogP contribution in [-0.4, -0.2) is 29.6 Å². The van der Waals surface area contributed by atoms with Crippen LogP contribution in [0.2, 0.25) is 5.02 Å². The van der Waals surface area contributed by atoms with Crippen LogP contribution in [0.3, 0.4) is 0 Å². The SMILES string of the molecule is COC1(C(=O)O)CC1C(=O)c1cc(Cl)c2occc2c1. The van der Waals surface area contributed by atoms with Crippen LogP contribution in [0, 0.1) is 5.92 Å². The quantitative estimate of drug-likeness (QED) is 0.877. The first kappa shape index (κ1) is 13.1. The number of furan rings is 1. The van der Waals surface area contributed by atoms with Gasteiger partial charge in [0.15, 0.2) is 17.0 Å². The first-order valence-electron chi connectivity index (χ1n) is 5.99. The molecule has 2 aromatic rings. The van der Waals surface area contributed by atoms with E-state index in [1.54, 1.807) is 12.1 Å². The molecule has 1 aromatic heterocycles. The molecule has 6 heteroatoms. The number of benzene rings is 1. The Morgan fingerprint density at radius 2 is 2.25 bits per heavy atom. The number of carboxylic acid groups (broad SMARTS) is 1. The van der Waals surface area contributed by atoms with E-state index in [9.17, 15) is 9.59 Å². The molecule has 104 valence electrons. The highest BCUT2D eigenvalue weighted by molar-refractivity contribution is 6.35. The number of halogens is 1. The summed E-state index contributed by atoms with van der Waals surface area (Å²) in [6.07, 6.45) is 1.66. The summed E-state index contributed by atoms with van der Waals surface area (Å²) in [7, 11) is 1.30. The Kier molecular flexibility index (Phi) is 2.84. The molecular formula is C14H11ClO5. The zero-order valence-electron chi connectivity index (χ0n) is 10.6. The summed E-state index contributed by atoms with van der Waals surface area (Å²) in [6.45, 7) is 0. The molecule has 20 heavy (non-hydrogen) atoms. The molecular weight excluding hydrogens is 284 g/mol. The number of ether oxygens (including phenoxy) is 1. The zero-order valence-corrected chi connectivity index (χ0v) is 11.3. The number of methoxy groups -OCH3 is 1. The van der Waals surface area contributed by atoms with Crippen LogP contribution in [0.5, 0.6) is 0 Å². The first-order valence-corrected chi connectivity index (χ1v) is 6.37. The number of hydrogen-bond donors (Lipinski definition) is 1. The molecule has 1 aliphatic rings. The Labute approximate surface area is 119 Å². The van der Waals surface area contributed by atoms with Crippen molar-refractivity contribution in [2.75, 3.05) is 7.11 Å². The lowest BCUT2D eigenvalue weighted by atomic mass is 10.0. The molecule has 2 unspecified atom stereocenters. The van der Waals surface area contributed by atoms with Crippen molar-refractivity contribution in [2.24, 2.45) is 5.92 Å². The van der Waals surface area contributed by atoms with Crippen molar-refractivity contribution in [1.29, 1.82) is 0 Å². The molecule has 0 aliphatic heterocycles. The smallest absolute Gasteiger partial charge is 0.336 e. The van der Waals surface area contributed by atoms with Crippen LogP contribution in [-0.2, 0) is 9.53 Å². The third-order valence-electron chi connectivity index (χ3n) is 3.74. The fraction of sp³-hybridized carbons (Fsp3) is 0.286. The van der Waals surface area contributed by atoms with Gasteiger partial charge in [-0.15, -0.1) is 0 Å². The number of rotatable bonds is 4. The van der Waals surface area contributed by atoms with E-state index in [1.165, 1.54) is 19.4 Å². The summed E-state index contributed by atoms with van der Waals surface area (Å²) in [5.41, 5.74) is -0.515. The molecule has 1 fully saturated rings. The zero-order chi connectivity index (χ0) is 14.5. The van der Waals surface area contributed by atoms with Crippen molar-refractivity contribution in [3.63, 3.8) is 0 Å². The van der Waals surface area contributed by atoms with Crippen LogP contribution in [0.4, 0.5) is 0 Å². The summed E-state index contributed by atoms with van der Waals surface area (Å²) in [5, 5.41) is 10.2. The molecule has 3 rings (SSSR count). The summed E-state index contributed by atoms with van der Waals surface area (Å²) in [6, 6.07) is 4.84. The van der Waals surface area contributed by atoms with Gasteiger partial charge in [0.2, 0.25) is 0 Å². The highest BCUT2D eigenvalue weighted by Crippen LogP contribution is 2.49. The Bertz CT molecular complexity index is 719. The molecule has 0 bridgehead atoms. The molecule has 1 aromatic carbocycles. The van der Waals surface area contributed by atoms with Crippen molar-refractivity contribution in [2.45, 2.75) is 12.0 Å². The number of carboxylic acids is 1. The molecule has 1 saturated carbocycles. The second-order valence-corrected chi connectivity index (χ2v) is 5.22. The third-order valence-corrected chi connectivity index (χ3v) is 4.02. The van der Waals surface area contributed by atoms with Crippen molar-refractivity contribution < 1.29 is 23.8 Å². The molecule has 0 spiro atoms. The van der Waals surface area contributed by atoms with Gasteiger partial charge in [0.05, 0.1) is 17.2 Å². The largest absolute Gasteiger partial charge is 0.479 e. The van der Waals surface area contributed by atoms with E-state index >= 15 is 0 Å². The number of ketones is 1. The van der Waals surface area contributed by atoms with Gasteiger partial charge in [-0.1, -0.05) is 11.6 Å². The Morgan fingerprint density at radius 3 is 2.85 bits per heavy atom. The maximum atomic E-state index is 12.4. The lowest BCUT2D eigenvalue weighted by Crippen LogP contribution is -2.29. The van der Waals surface area contributed by atoms with Crippen molar-refractivity contribution >= 4 is 34.3 Å². The molecule has 0 radical (unpaired) electrons. The Morgan fingerprint density at radius 1 is 1.50 bits per heavy atom. The Balaban J connectivity index is 1.96. The molecule has 1 aliphatic carbocycles. The standard InChI is InChI=1S/C14H11ClO5/c1-19-14(13(17)18)6-9(14)11(16)8-4-7-2-3-20-12(7)10(15)5-8/h2-5,9H,6H2,1H3,(H,17,18). The van der Waals surface area contributed by atoms with Crippen LogP contribution < -0.4 is 0 Å². The second-order valence-electron chi connectivity index (χ2n) is 4.82. The van der Waals surface area contributed by atoms with E-state index < -0.39 is 17.5 Å². The molecule has 1 heterocycles. The van der Waals surface area contributed by atoms with Gasteiger partial charge in [0.1, 0.15) is 0 Å². The highest BCUT2D eigenvalue weighted by Gasteiger charge is 2.65. The lowest BCUT2D eigenvalue weighted by molar-refractivity contribution is -0.152. The average Bonchev–Trinajstić information content (AvgIpc) is 2.99. The van der Waals surface area contributed by atoms with Gasteiger partial charge in [-0.2, -0.15) is 0 Å². The van der Waals surface area contributed by atoms with E-state index in [2.05, 4.69) is 0 Å². The number of Topliss-reactive ketones (excluding diaryl/α,β-unsaturated/α-hetero) is 1. The predicted octanol–water partition coefficient (Wildman–Crippen LogP) is 2.76. The minimum atomic E-state index is -1.39. The molecule has 0 amide bonds. The van der Waals surface area contributed by atoms with Crippen LogP contribution in [0.25, 0.3) is 11.0 Å². The number of fused-ring (bicyclic) bond motifs is 1. The Hall–Kier alpha value is -1.85. The fourth-order valence-corrected chi connectivity index (χ4v) is 2.75. The minimum absolute atomic E-state index is 0.179. The van der Waals surface area contributed by atoms with Crippen molar-refractivity contribution in [3.05, 3.63) is 35.0 Å². The summed E-state index contributed by atoms with van der Waals surface area (Å²) in [4.78, 5) is 23.6. The normalized spacial score (nSPS) is 24.8. The summed E-state index contributed by atoms with van der Waals surface area (Å²) >= 11 is 6.05. The monoisotopic (exact) mass is 294 g/mol. The summed E-state index contributed by atoms with van der Waals surface area (Å²) in [5.74, 6) is -2.07. The van der Waals surface area contributed by atoms with Crippen molar-refractivity contribution in [1.82, 2.24) is 0 Å². The second kappa shape index (κ2) is 4.33. The van der Waals surface area contributed by atoms with E-state index in [0.29, 0.717) is 21.6 Å². The lowest BCUT2D eigenvalue weighted by Gasteiger charge is -2.09. The van der Waals surface area contributed by atoms with E-state index in [0.717, 1.165) is 0 Å². The van der Waals surface area contributed by atoms with Crippen molar-refractivity contribution in [3.8, 4) is 0 Å².